The van der Waals surface area contributed by atoms with Crippen LogP contribution in [0.1, 0.15) is 5.56 Å². The SMILES string of the molecule is Cc1c(Cl)cccc1NC(=O)Nc1cnsn1. The molecular weight excluding hydrogens is 260 g/mol. The topological polar surface area (TPSA) is 66.9 Å². The van der Waals surface area contributed by atoms with E-state index in [2.05, 4.69) is 19.4 Å². The van der Waals surface area contributed by atoms with Gasteiger partial charge in [-0.3, -0.25) is 5.32 Å². The largest absolute Gasteiger partial charge is 0.324 e. The molecular formula is C10H9ClN4OS. The first kappa shape index (κ1) is 11.8. The number of hydrogen-bond donors (Lipinski definition) is 2. The van der Waals surface area contributed by atoms with Crippen LogP contribution in [-0.4, -0.2) is 14.8 Å². The van der Waals surface area contributed by atoms with Gasteiger partial charge in [-0.2, -0.15) is 8.75 Å². The van der Waals surface area contributed by atoms with Crippen LogP contribution in [0.15, 0.2) is 24.4 Å². The minimum absolute atomic E-state index is 0.372. The lowest BCUT2D eigenvalue weighted by molar-refractivity contribution is 0.262. The molecule has 2 aromatic rings. The zero-order valence-electron chi connectivity index (χ0n) is 8.90. The van der Waals surface area contributed by atoms with Crippen LogP contribution in [0.4, 0.5) is 16.3 Å². The van der Waals surface area contributed by atoms with E-state index in [1.165, 1.54) is 6.20 Å². The van der Waals surface area contributed by atoms with Gasteiger partial charge in [0.1, 0.15) is 0 Å². The molecule has 0 bridgehead atoms. The van der Waals surface area contributed by atoms with Crippen molar-refractivity contribution in [2.75, 3.05) is 10.6 Å². The standard InChI is InChI=1S/C10H9ClN4OS/c1-6-7(11)3-2-4-8(6)13-10(16)14-9-5-12-17-15-9/h2-5H,1H3,(H2,13,14,15,16). The number of hydrogen-bond acceptors (Lipinski definition) is 4. The average Bonchev–Trinajstić information content (AvgIpc) is 2.77. The molecule has 0 saturated carbocycles. The summed E-state index contributed by atoms with van der Waals surface area (Å²) >= 11 is 6.98. The Kier molecular flexibility index (Phi) is 3.55. The molecule has 0 unspecified atom stereocenters. The van der Waals surface area contributed by atoms with Gasteiger partial charge in [0.2, 0.25) is 0 Å². The van der Waals surface area contributed by atoms with Gasteiger partial charge in [0, 0.05) is 10.7 Å². The Morgan fingerprint density at radius 2 is 2.24 bits per heavy atom. The summed E-state index contributed by atoms with van der Waals surface area (Å²) in [7, 11) is 0. The Balaban J connectivity index is 2.06. The molecule has 0 fully saturated rings. The molecule has 0 spiro atoms. The molecule has 5 nitrogen and oxygen atoms in total. The van der Waals surface area contributed by atoms with Crippen LogP contribution >= 0.6 is 23.3 Å². The third-order valence-corrected chi connectivity index (χ3v) is 3.01. The molecule has 0 aliphatic heterocycles. The van der Waals surface area contributed by atoms with Crippen LogP contribution in [0.5, 0.6) is 0 Å². The summed E-state index contributed by atoms with van der Waals surface area (Å²) in [5, 5.41) is 5.86. The summed E-state index contributed by atoms with van der Waals surface area (Å²) < 4.78 is 7.65. The second kappa shape index (κ2) is 5.11. The molecule has 1 heterocycles. The number of anilines is 2. The van der Waals surface area contributed by atoms with E-state index in [1.54, 1.807) is 18.2 Å². The molecule has 0 atom stereocenters. The predicted octanol–water partition coefficient (Wildman–Crippen LogP) is 3.14. The third-order valence-electron chi connectivity index (χ3n) is 2.12. The van der Waals surface area contributed by atoms with Gasteiger partial charge < -0.3 is 5.32 Å². The molecule has 1 aromatic carbocycles. The molecule has 2 amide bonds. The monoisotopic (exact) mass is 268 g/mol. The van der Waals surface area contributed by atoms with Crippen LogP contribution in [0, 0.1) is 6.92 Å². The van der Waals surface area contributed by atoms with Gasteiger partial charge in [0.25, 0.3) is 0 Å². The highest BCUT2D eigenvalue weighted by Crippen LogP contribution is 2.22. The predicted molar refractivity (Wildman–Crippen MR) is 68.7 cm³/mol. The highest BCUT2D eigenvalue weighted by atomic mass is 35.5. The summed E-state index contributed by atoms with van der Waals surface area (Å²) in [6, 6.07) is 4.95. The van der Waals surface area contributed by atoms with Crippen LogP contribution in [0.3, 0.4) is 0 Å². The Morgan fingerprint density at radius 1 is 1.41 bits per heavy atom. The van der Waals surface area contributed by atoms with Crippen LogP contribution in [0.2, 0.25) is 5.02 Å². The Bertz CT molecular complexity index is 529. The van der Waals surface area contributed by atoms with E-state index >= 15 is 0 Å². The highest BCUT2D eigenvalue weighted by molar-refractivity contribution is 6.99. The first-order valence-electron chi connectivity index (χ1n) is 4.77. The first-order chi connectivity index (χ1) is 8.16. The fourth-order valence-corrected chi connectivity index (χ4v) is 1.78. The zero-order chi connectivity index (χ0) is 12.3. The van der Waals surface area contributed by atoms with Gasteiger partial charge in [-0.1, -0.05) is 17.7 Å². The molecule has 0 aliphatic carbocycles. The van der Waals surface area contributed by atoms with Gasteiger partial charge in [-0.25, -0.2) is 4.79 Å². The van der Waals surface area contributed by atoms with Crippen LogP contribution < -0.4 is 10.6 Å². The molecule has 2 N–H and O–H groups in total. The smallest absolute Gasteiger partial charge is 0.307 e. The number of urea groups is 1. The zero-order valence-corrected chi connectivity index (χ0v) is 10.5. The Hall–Kier alpha value is -1.66. The first-order valence-corrected chi connectivity index (χ1v) is 5.88. The van der Waals surface area contributed by atoms with Crippen molar-refractivity contribution in [1.82, 2.24) is 8.75 Å². The molecule has 88 valence electrons. The number of nitrogens with zero attached hydrogens (tertiary/aromatic N) is 2. The quantitative estimate of drug-likeness (QED) is 0.879. The maximum absolute atomic E-state index is 11.6. The fourth-order valence-electron chi connectivity index (χ4n) is 1.23. The van der Waals surface area contributed by atoms with Crippen molar-refractivity contribution in [2.24, 2.45) is 0 Å². The lowest BCUT2D eigenvalue weighted by Crippen LogP contribution is -2.20. The maximum Gasteiger partial charge on any atom is 0.324 e. The minimum Gasteiger partial charge on any atom is -0.307 e. The van der Waals surface area contributed by atoms with E-state index in [1.807, 2.05) is 6.92 Å². The average molecular weight is 269 g/mol. The number of nitrogens with one attached hydrogen (secondary N) is 2. The van der Waals surface area contributed by atoms with E-state index in [0.29, 0.717) is 16.5 Å². The number of carbonyl (C=O) groups excluding carboxylic acids is 1. The molecule has 0 saturated heterocycles. The Labute approximate surface area is 107 Å². The number of benzene rings is 1. The van der Waals surface area contributed by atoms with Crippen molar-refractivity contribution in [2.45, 2.75) is 6.92 Å². The molecule has 7 heteroatoms. The highest BCUT2D eigenvalue weighted by Gasteiger charge is 2.07. The number of halogens is 1. The van der Waals surface area contributed by atoms with Gasteiger partial charge in [0.05, 0.1) is 17.9 Å². The van der Waals surface area contributed by atoms with Crippen LogP contribution in [-0.2, 0) is 0 Å². The van der Waals surface area contributed by atoms with E-state index in [0.717, 1.165) is 17.3 Å². The van der Waals surface area contributed by atoms with Gasteiger partial charge in [0.15, 0.2) is 5.82 Å². The van der Waals surface area contributed by atoms with Gasteiger partial charge in [-0.15, -0.1) is 0 Å². The number of amides is 2. The fraction of sp³-hybridized carbons (Fsp3) is 0.100. The Morgan fingerprint density at radius 3 is 2.94 bits per heavy atom. The molecule has 0 radical (unpaired) electrons. The van der Waals surface area contributed by atoms with Crippen molar-refractivity contribution >= 4 is 40.9 Å². The van der Waals surface area contributed by atoms with Crippen molar-refractivity contribution in [3.05, 3.63) is 35.0 Å². The third kappa shape index (κ3) is 2.92. The molecule has 2 rings (SSSR count). The molecule has 0 aliphatic rings. The maximum atomic E-state index is 11.6. The van der Waals surface area contributed by atoms with Gasteiger partial charge in [-0.05, 0) is 24.6 Å². The van der Waals surface area contributed by atoms with Crippen LogP contribution in [0.25, 0.3) is 0 Å². The van der Waals surface area contributed by atoms with Gasteiger partial charge >= 0.3 is 6.03 Å². The second-order valence-electron chi connectivity index (χ2n) is 3.28. The van der Waals surface area contributed by atoms with Crippen molar-refractivity contribution in [3.63, 3.8) is 0 Å². The van der Waals surface area contributed by atoms with E-state index in [-0.39, 0.29) is 6.03 Å². The van der Waals surface area contributed by atoms with Crippen molar-refractivity contribution in [1.29, 1.82) is 0 Å². The summed E-state index contributed by atoms with van der Waals surface area (Å²) in [5.74, 6) is 0.423. The van der Waals surface area contributed by atoms with E-state index in [9.17, 15) is 4.79 Å². The lowest BCUT2D eigenvalue weighted by Gasteiger charge is -2.09. The summed E-state index contributed by atoms with van der Waals surface area (Å²) in [5.41, 5.74) is 1.49. The minimum atomic E-state index is -0.372. The normalized spacial score (nSPS) is 10.0. The van der Waals surface area contributed by atoms with Crippen molar-refractivity contribution < 1.29 is 4.79 Å². The number of aromatic nitrogens is 2. The van der Waals surface area contributed by atoms with E-state index in [4.69, 9.17) is 11.6 Å². The summed E-state index contributed by atoms with van der Waals surface area (Å²) in [6.07, 6.45) is 1.48. The number of rotatable bonds is 2. The molecule has 1 aromatic heterocycles. The van der Waals surface area contributed by atoms with Crippen molar-refractivity contribution in [3.8, 4) is 0 Å². The molecule has 17 heavy (non-hydrogen) atoms. The number of carbonyl (C=O) groups is 1. The second-order valence-corrected chi connectivity index (χ2v) is 4.25. The van der Waals surface area contributed by atoms with E-state index < -0.39 is 0 Å². The summed E-state index contributed by atoms with van der Waals surface area (Å²) in [4.78, 5) is 11.6. The lowest BCUT2D eigenvalue weighted by atomic mass is 10.2. The summed E-state index contributed by atoms with van der Waals surface area (Å²) in [6.45, 7) is 1.84.